The van der Waals surface area contributed by atoms with Gasteiger partial charge < -0.3 is 15.1 Å². The van der Waals surface area contributed by atoms with Gasteiger partial charge in [-0.2, -0.15) is 0 Å². The van der Waals surface area contributed by atoms with Gasteiger partial charge in [0, 0.05) is 39.3 Å². The van der Waals surface area contributed by atoms with Crippen molar-refractivity contribution in [3.63, 3.8) is 0 Å². The number of likely N-dealkylation sites (N-methyl/N-ethyl adjacent to an activating group) is 1. The molecule has 0 bridgehead atoms. The second kappa shape index (κ2) is 11.5. The van der Waals surface area contributed by atoms with E-state index in [1.165, 1.54) is 0 Å². The van der Waals surface area contributed by atoms with Crippen molar-refractivity contribution in [1.29, 1.82) is 0 Å². The lowest BCUT2D eigenvalue weighted by Gasteiger charge is -2.22. The highest BCUT2D eigenvalue weighted by Crippen LogP contribution is 2.11. The molecular weight excluding hydrogens is 427 g/mol. The first kappa shape index (κ1) is 22.0. The fourth-order valence-electron chi connectivity index (χ4n) is 1.77. The van der Waals surface area contributed by atoms with Crippen molar-refractivity contribution in [2.75, 3.05) is 34.2 Å². The summed E-state index contributed by atoms with van der Waals surface area (Å²) in [5, 5.41) is 4.00. The van der Waals surface area contributed by atoms with Crippen LogP contribution in [0.5, 0.6) is 0 Å². The van der Waals surface area contributed by atoms with Gasteiger partial charge in [0.1, 0.15) is 6.54 Å². The number of carbonyl (C=O) groups is 1. The fraction of sp³-hybridized carbons (Fsp3) is 0.500. The minimum atomic E-state index is -0.0179. The summed E-state index contributed by atoms with van der Waals surface area (Å²) in [4.78, 5) is 19.7. The van der Waals surface area contributed by atoms with Crippen LogP contribution < -0.4 is 5.32 Å². The summed E-state index contributed by atoms with van der Waals surface area (Å²) in [7, 11) is 5.42. The molecule has 0 radical (unpaired) electrons. The quantitative estimate of drug-likeness (QED) is 0.410. The summed E-state index contributed by atoms with van der Waals surface area (Å²) in [6, 6.07) is 7.72. The van der Waals surface area contributed by atoms with Crippen LogP contribution in [0.1, 0.15) is 18.9 Å². The smallest absolute Gasteiger partial charge is 0.243 e. The maximum Gasteiger partial charge on any atom is 0.243 e. The van der Waals surface area contributed by atoms with Crippen LogP contribution in [-0.4, -0.2) is 55.9 Å². The fourth-order valence-corrected chi connectivity index (χ4v) is 1.90. The molecule has 23 heavy (non-hydrogen) atoms. The molecule has 0 aliphatic heterocycles. The number of guanidine groups is 1. The molecule has 130 valence electrons. The molecule has 0 unspecified atom stereocenters. The van der Waals surface area contributed by atoms with Crippen molar-refractivity contribution in [2.24, 2.45) is 4.99 Å². The number of hydrogen-bond acceptors (Lipinski definition) is 2. The van der Waals surface area contributed by atoms with Crippen LogP contribution in [0.15, 0.2) is 29.3 Å². The first-order chi connectivity index (χ1) is 10.4. The largest absolute Gasteiger partial charge is 0.356 e. The topological polar surface area (TPSA) is 47.9 Å². The number of aliphatic imine (C=N–C) groups is 1. The lowest BCUT2D eigenvalue weighted by atomic mass is 10.2. The summed E-state index contributed by atoms with van der Waals surface area (Å²) in [6.07, 6.45) is 0.995. The highest BCUT2D eigenvalue weighted by atomic mass is 127. The van der Waals surface area contributed by atoms with Crippen LogP contribution in [0.25, 0.3) is 0 Å². The van der Waals surface area contributed by atoms with Gasteiger partial charge in [-0.25, -0.2) is 4.99 Å². The molecule has 1 amide bonds. The molecular formula is C16H26ClIN4O. The number of nitrogens with zero attached hydrogens (tertiary/aromatic N) is 3. The summed E-state index contributed by atoms with van der Waals surface area (Å²) < 4.78 is 0. The first-order valence-electron chi connectivity index (χ1n) is 7.38. The molecule has 0 spiro atoms. The zero-order chi connectivity index (χ0) is 16.5. The molecule has 0 aliphatic rings. The molecule has 5 nitrogen and oxygen atoms in total. The van der Waals surface area contributed by atoms with Gasteiger partial charge in [-0.15, -0.1) is 24.0 Å². The predicted molar refractivity (Wildman–Crippen MR) is 108 cm³/mol. The van der Waals surface area contributed by atoms with E-state index in [1.807, 2.05) is 36.2 Å². The van der Waals surface area contributed by atoms with Gasteiger partial charge >= 0.3 is 0 Å². The second-order valence-corrected chi connectivity index (χ2v) is 5.77. The number of halogens is 2. The third-order valence-electron chi connectivity index (χ3n) is 3.09. The van der Waals surface area contributed by atoms with E-state index >= 15 is 0 Å². The van der Waals surface area contributed by atoms with Gasteiger partial charge in [0.05, 0.1) is 0 Å². The van der Waals surface area contributed by atoms with Gasteiger partial charge in [-0.05, 0) is 24.1 Å². The van der Waals surface area contributed by atoms with Crippen molar-refractivity contribution in [3.8, 4) is 0 Å². The Kier molecular flexibility index (Phi) is 11.0. The summed E-state index contributed by atoms with van der Waals surface area (Å²) >= 11 is 5.90. The highest BCUT2D eigenvalue weighted by molar-refractivity contribution is 14.0. The van der Waals surface area contributed by atoms with E-state index in [0.29, 0.717) is 6.54 Å². The van der Waals surface area contributed by atoms with Crippen LogP contribution in [0.2, 0.25) is 5.02 Å². The molecule has 0 atom stereocenters. The third kappa shape index (κ3) is 8.41. The number of rotatable bonds is 6. The minimum absolute atomic E-state index is 0. The van der Waals surface area contributed by atoms with E-state index in [9.17, 15) is 4.79 Å². The van der Waals surface area contributed by atoms with E-state index in [1.54, 1.807) is 19.0 Å². The number of hydrogen-bond donors (Lipinski definition) is 1. The zero-order valence-corrected chi connectivity index (χ0v) is 17.3. The average Bonchev–Trinajstić information content (AvgIpc) is 2.49. The Morgan fingerprint density at radius 2 is 1.83 bits per heavy atom. The van der Waals surface area contributed by atoms with Gasteiger partial charge in [0.2, 0.25) is 5.91 Å². The normalized spacial score (nSPS) is 10.7. The van der Waals surface area contributed by atoms with E-state index in [0.717, 1.165) is 29.5 Å². The number of benzene rings is 1. The Morgan fingerprint density at radius 1 is 1.22 bits per heavy atom. The maximum absolute atomic E-state index is 11.7. The Balaban J connectivity index is 0.00000484. The van der Waals surface area contributed by atoms with Crippen LogP contribution >= 0.6 is 35.6 Å². The molecule has 1 aromatic rings. The molecule has 0 aliphatic carbocycles. The molecule has 0 fully saturated rings. The molecule has 7 heteroatoms. The SMILES string of the molecule is CCCNC(=NCC(=O)N(C)C)N(C)Cc1ccc(Cl)cc1.I. The van der Waals surface area contributed by atoms with Crippen molar-refractivity contribution in [2.45, 2.75) is 19.9 Å². The van der Waals surface area contributed by atoms with Crippen molar-refractivity contribution < 1.29 is 4.79 Å². The first-order valence-corrected chi connectivity index (χ1v) is 7.76. The van der Waals surface area contributed by atoms with Crippen molar-refractivity contribution >= 4 is 47.4 Å². The molecule has 1 rings (SSSR count). The van der Waals surface area contributed by atoms with Gasteiger partial charge in [-0.3, -0.25) is 4.79 Å². The highest BCUT2D eigenvalue weighted by Gasteiger charge is 2.09. The summed E-state index contributed by atoms with van der Waals surface area (Å²) in [5.41, 5.74) is 1.14. The second-order valence-electron chi connectivity index (χ2n) is 5.34. The molecule has 0 heterocycles. The molecule has 0 saturated heterocycles. The van der Waals surface area contributed by atoms with E-state index in [2.05, 4.69) is 17.2 Å². The van der Waals surface area contributed by atoms with E-state index < -0.39 is 0 Å². The van der Waals surface area contributed by atoms with Crippen molar-refractivity contribution in [3.05, 3.63) is 34.9 Å². The third-order valence-corrected chi connectivity index (χ3v) is 3.34. The lowest BCUT2D eigenvalue weighted by molar-refractivity contribution is -0.127. The van der Waals surface area contributed by atoms with Crippen molar-refractivity contribution in [1.82, 2.24) is 15.1 Å². The van der Waals surface area contributed by atoms with Gasteiger partial charge in [0.15, 0.2) is 5.96 Å². The Labute approximate surface area is 161 Å². The van der Waals surface area contributed by atoms with Crippen LogP contribution in [-0.2, 0) is 11.3 Å². The Morgan fingerprint density at radius 3 is 2.35 bits per heavy atom. The zero-order valence-electron chi connectivity index (χ0n) is 14.2. The summed E-state index contributed by atoms with van der Waals surface area (Å²) in [5.74, 6) is 0.711. The molecule has 1 N–H and O–H groups in total. The maximum atomic E-state index is 11.7. The monoisotopic (exact) mass is 452 g/mol. The standard InChI is InChI=1S/C16H25ClN4O.HI/c1-5-10-18-16(19-11-15(22)20(2)3)21(4)12-13-6-8-14(17)9-7-13;/h6-9H,5,10-12H2,1-4H3,(H,18,19);1H. The van der Waals surface area contributed by atoms with Crippen LogP contribution in [0.3, 0.4) is 0 Å². The average molecular weight is 453 g/mol. The predicted octanol–water partition coefficient (Wildman–Crippen LogP) is 2.83. The van der Waals surface area contributed by atoms with Crippen LogP contribution in [0.4, 0.5) is 0 Å². The Hall–Kier alpha value is -1.02. The molecule has 1 aromatic carbocycles. The van der Waals surface area contributed by atoms with E-state index in [4.69, 9.17) is 11.6 Å². The minimum Gasteiger partial charge on any atom is -0.356 e. The summed E-state index contributed by atoms with van der Waals surface area (Å²) in [6.45, 7) is 3.75. The molecule has 0 saturated carbocycles. The van der Waals surface area contributed by atoms with Gasteiger partial charge in [-0.1, -0.05) is 30.7 Å². The van der Waals surface area contributed by atoms with Crippen LogP contribution in [0, 0.1) is 0 Å². The number of nitrogens with one attached hydrogen (secondary N) is 1. The lowest BCUT2D eigenvalue weighted by Crippen LogP contribution is -2.39. The number of amides is 1. The Bertz CT molecular complexity index is 505. The van der Waals surface area contributed by atoms with E-state index in [-0.39, 0.29) is 36.4 Å². The number of carbonyl (C=O) groups excluding carboxylic acids is 1. The molecule has 0 aromatic heterocycles. The van der Waals surface area contributed by atoms with Gasteiger partial charge in [0.25, 0.3) is 0 Å².